The summed E-state index contributed by atoms with van der Waals surface area (Å²) in [4.78, 5) is 23.3. The summed E-state index contributed by atoms with van der Waals surface area (Å²) in [5, 5.41) is 0. The maximum Gasteiger partial charge on any atom is 0.254 e. The number of nitrogens with zero attached hydrogens (tertiary/aromatic N) is 2. The Kier molecular flexibility index (Phi) is 7.28. The van der Waals surface area contributed by atoms with Gasteiger partial charge in [0.25, 0.3) is 5.56 Å². The fraction of sp³-hybridized carbons (Fsp3) is 0.565. The van der Waals surface area contributed by atoms with E-state index in [4.69, 9.17) is 10.7 Å². The van der Waals surface area contributed by atoms with Crippen molar-refractivity contribution in [2.75, 3.05) is 19.6 Å². The van der Waals surface area contributed by atoms with Crippen LogP contribution in [0.2, 0.25) is 0 Å². The molecular formula is C23H32Cl2N4O. The lowest BCUT2D eigenvalue weighted by atomic mass is 9.77. The number of halogens is 2. The largest absolute Gasteiger partial charge is 0.330 e. The summed E-state index contributed by atoms with van der Waals surface area (Å²) in [6.45, 7) is 3.81. The van der Waals surface area contributed by atoms with Crippen LogP contribution in [0.5, 0.6) is 0 Å². The van der Waals surface area contributed by atoms with E-state index < -0.39 is 0 Å². The Bertz CT molecular complexity index is 926. The van der Waals surface area contributed by atoms with Gasteiger partial charge in [-0.1, -0.05) is 24.3 Å². The third-order valence-electron chi connectivity index (χ3n) is 6.87. The van der Waals surface area contributed by atoms with Gasteiger partial charge in [0.2, 0.25) is 0 Å². The molecule has 0 amide bonds. The van der Waals surface area contributed by atoms with Gasteiger partial charge in [0.15, 0.2) is 0 Å². The van der Waals surface area contributed by atoms with Gasteiger partial charge in [-0.2, -0.15) is 0 Å². The van der Waals surface area contributed by atoms with Crippen LogP contribution in [0, 0.1) is 0 Å². The third-order valence-corrected chi connectivity index (χ3v) is 6.87. The van der Waals surface area contributed by atoms with Crippen LogP contribution in [0.25, 0.3) is 0 Å². The maximum atomic E-state index is 12.6. The van der Waals surface area contributed by atoms with E-state index in [1.807, 2.05) is 0 Å². The summed E-state index contributed by atoms with van der Waals surface area (Å²) in [5.74, 6) is 1.43. The van der Waals surface area contributed by atoms with Gasteiger partial charge in [-0.3, -0.25) is 9.69 Å². The van der Waals surface area contributed by atoms with E-state index in [1.54, 1.807) is 0 Å². The number of aromatic amines is 1. The van der Waals surface area contributed by atoms with Crippen molar-refractivity contribution in [1.29, 1.82) is 0 Å². The first-order valence-corrected chi connectivity index (χ1v) is 10.8. The average Bonchev–Trinajstić information content (AvgIpc) is 3.49. The molecule has 1 aliphatic heterocycles. The van der Waals surface area contributed by atoms with Gasteiger partial charge >= 0.3 is 0 Å². The van der Waals surface area contributed by atoms with Crippen LogP contribution in [0.4, 0.5) is 0 Å². The molecule has 2 fully saturated rings. The maximum absolute atomic E-state index is 12.6. The number of likely N-dealkylation sites (tertiary alicyclic amines) is 1. The molecule has 1 saturated heterocycles. The molecule has 1 aromatic carbocycles. The van der Waals surface area contributed by atoms with Crippen molar-refractivity contribution in [1.82, 2.24) is 14.9 Å². The fourth-order valence-electron chi connectivity index (χ4n) is 5.21. The molecule has 5 nitrogen and oxygen atoms in total. The van der Waals surface area contributed by atoms with Crippen LogP contribution in [0.15, 0.2) is 29.1 Å². The number of aromatic nitrogens is 2. The highest BCUT2D eigenvalue weighted by Crippen LogP contribution is 2.45. The Hall–Kier alpha value is -1.40. The number of piperidine rings is 1. The zero-order valence-electron chi connectivity index (χ0n) is 17.4. The number of benzene rings is 1. The van der Waals surface area contributed by atoms with E-state index in [2.05, 4.69) is 34.1 Å². The normalized spacial score (nSPS) is 23.0. The molecule has 30 heavy (non-hydrogen) atoms. The lowest BCUT2D eigenvalue weighted by molar-refractivity contribution is 0.136. The summed E-state index contributed by atoms with van der Waals surface area (Å²) in [7, 11) is 0. The lowest BCUT2D eigenvalue weighted by Crippen LogP contribution is -2.45. The molecule has 2 aromatic rings. The van der Waals surface area contributed by atoms with Crippen molar-refractivity contribution in [2.45, 2.75) is 62.8 Å². The quantitative estimate of drug-likeness (QED) is 0.730. The number of hydrogen-bond donors (Lipinski definition) is 2. The van der Waals surface area contributed by atoms with E-state index in [-0.39, 0.29) is 35.8 Å². The summed E-state index contributed by atoms with van der Waals surface area (Å²) >= 11 is 0. The molecule has 1 spiro atoms. The van der Waals surface area contributed by atoms with Crippen molar-refractivity contribution in [3.63, 3.8) is 0 Å². The monoisotopic (exact) mass is 450 g/mol. The summed E-state index contributed by atoms with van der Waals surface area (Å²) < 4.78 is 0. The molecule has 0 radical (unpaired) electrons. The van der Waals surface area contributed by atoms with Gasteiger partial charge < -0.3 is 10.7 Å². The molecule has 1 unspecified atom stereocenters. The second-order valence-corrected chi connectivity index (χ2v) is 9.00. The van der Waals surface area contributed by atoms with Gasteiger partial charge in [0.1, 0.15) is 5.82 Å². The van der Waals surface area contributed by atoms with E-state index in [9.17, 15) is 4.79 Å². The summed E-state index contributed by atoms with van der Waals surface area (Å²) in [6, 6.07) is 8.89. The number of H-pyrrole nitrogens is 1. The van der Waals surface area contributed by atoms with Crippen LogP contribution < -0.4 is 11.3 Å². The van der Waals surface area contributed by atoms with Gasteiger partial charge in [-0.05, 0) is 69.2 Å². The smallest absolute Gasteiger partial charge is 0.254 e. The van der Waals surface area contributed by atoms with Gasteiger partial charge in [-0.25, -0.2) is 4.98 Å². The molecule has 1 aromatic heterocycles. The second kappa shape index (κ2) is 9.39. The predicted molar refractivity (Wildman–Crippen MR) is 125 cm³/mol. The van der Waals surface area contributed by atoms with Crippen molar-refractivity contribution in [2.24, 2.45) is 5.73 Å². The molecular weight excluding hydrogens is 419 g/mol. The molecule has 2 aliphatic carbocycles. The first-order chi connectivity index (χ1) is 13.7. The molecule has 0 bridgehead atoms. The lowest BCUT2D eigenvalue weighted by Gasteiger charge is -2.40. The van der Waals surface area contributed by atoms with Crippen LogP contribution in [-0.4, -0.2) is 34.5 Å². The van der Waals surface area contributed by atoms with Crippen LogP contribution >= 0.6 is 24.8 Å². The summed E-state index contributed by atoms with van der Waals surface area (Å²) in [6.07, 6.45) is 7.56. The minimum atomic E-state index is 0. The first kappa shape index (κ1) is 23.3. The molecule has 1 saturated carbocycles. The molecule has 2 heterocycles. The van der Waals surface area contributed by atoms with E-state index in [0.717, 1.165) is 62.4 Å². The number of fused-ring (bicyclic) bond motifs is 2. The second-order valence-electron chi connectivity index (χ2n) is 9.00. The number of nitrogens with one attached hydrogen (secondary N) is 1. The number of rotatable bonds is 5. The number of hydrogen-bond acceptors (Lipinski definition) is 4. The Morgan fingerprint density at radius 3 is 2.57 bits per heavy atom. The Balaban J connectivity index is 0.00000128. The van der Waals surface area contributed by atoms with Gasteiger partial charge in [0, 0.05) is 30.0 Å². The van der Waals surface area contributed by atoms with Crippen molar-refractivity contribution in [3.05, 3.63) is 62.8 Å². The standard InChI is InChI=1S/C23H30N4O.2ClH/c24-12-9-16-2-4-17(5-3-16)14-27-13-1-10-23(15-27)11-8-19-20(23)25-21(18-6-7-18)26-22(19)28;;/h2-5,18H,1,6-15,24H2,(H,25,26,28);2*1H. The fourth-order valence-corrected chi connectivity index (χ4v) is 5.21. The van der Waals surface area contributed by atoms with Gasteiger partial charge in [-0.15, -0.1) is 24.8 Å². The predicted octanol–water partition coefficient (Wildman–Crippen LogP) is 3.47. The van der Waals surface area contributed by atoms with Crippen molar-refractivity contribution < 1.29 is 0 Å². The van der Waals surface area contributed by atoms with E-state index in [1.165, 1.54) is 30.4 Å². The highest BCUT2D eigenvalue weighted by Gasteiger charge is 2.45. The highest BCUT2D eigenvalue weighted by molar-refractivity contribution is 5.85. The van der Waals surface area contributed by atoms with Gasteiger partial charge in [0.05, 0.1) is 5.69 Å². The minimum Gasteiger partial charge on any atom is -0.330 e. The Morgan fingerprint density at radius 2 is 1.87 bits per heavy atom. The Labute approximate surface area is 190 Å². The molecule has 3 aliphatic rings. The topological polar surface area (TPSA) is 75.0 Å². The first-order valence-electron chi connectivity index (χ1n) is 10.8. The molecule has 164 valence electrons. The van der Waals surface area contributed by atoms with Crippen molar-refractivity contribution >= 4 is 24.8 Å². The Morgan fingerprint density at radius 1 is 1.13 bits per heavy atom. The van der Waals surface area contributed by atoms with E-state index in [0.29, 0.717) is 12.5 Å². The minimum absolute atomic E-state index is 0. The molecule has 3 N–H and O–H groups in total. The zero-order chi connectivity index (χ0) is 19.1. The van der Waals surface area contributed by atoms with Crippen LogP contribution in [0.1, 0.15) is 66.2 Å². The average molecular weight is 451 g/mol. The zero-order valence-corrected chi connectivity index (χ0v) is 19.0. The molecule has 1 atom stereocenters. The third kappa shape index (κ3) is 4.45. The van der Waals surface area contributed by atoms with Crippen molar-refractivity contribution in [3.8, 4) is 0 Å². The number of nitrogens with two attached hydrogens (primary N) is 1. The SMILES string of the molecule is Cl.Cl.NCCc1ccc(CN2CCCC3(CCc4c3nc(C3CC3)[nH]c4=O)C2)cc1. The van der Waals surface area contributed by atoms with E-state index >= 15 is 0 Å². The van der Waals surface area contributed by atoms with Crippen LogP contribution in [-0.2, 0) is 24.8 Å². The molecule has 7 heteroatoms. The molecule has 5 rings (SSSR count). The summed E-state index contributed by atoms with van der Waals surface area (Å²) in [5.41, 5.74) is 10.6. The highest BCUT2D eigenvalue weighted by atomic mass is 35.5. The van der Waals surface area contributed by atoms with Crippen LogP contribution in [0.3, 0.4) is 0 Å².